The van der Waals surface area contributed by atoms with Crippen LogP contribution in [0.2, 0.25) is 0 Å². The van der Waals surface area contributed by atoms with Crippen molar-refractivity contribution in [2.24, 2.45) is 5.73 Å². The molecular formula is C14H21N5OS. The van der Waals surface area contributed by atoms with Gasteiger partial charge in [-0.1, -0.05) is 17.8 Å². The maximum absolute atomic E-state index is 11.9. The Bertz CT molecular complexity index is 694. The topological polar surface area (TPSA) is 76.5 Å². The van der Waals surface area contributed by atoms with Crippen LogP contribution in [-0.2, 0) is 6.54 Å². The van der Waals surface area contributed by atoms with Crippen molar-refractivity contribution in [3.63, 3.8) is 0 Å². The Labute approximate surface area is 127 Å². The van der Waals surface area contributed by atoms with Crippen LogP contribution in [0.15, 0.2) is 10.9 Å². The molecule has 0 spiro atoms. The number of hydrogen-bond acceptors (Lipinski definition) is 6. The summed E-state index contributed by atoms with van der Waals surface area (Å²) >= 11 is 1.49. The van der Waals surface area contributed by atoms with E-state index in [0.29, 0.717) is 23.6 Å². The number of nitrogens with zero attached hydrogens (tertiary/aromatic N) is 4. The normalized spacial score (nSPS) is 23.8. The van der Waals surface area contributed by atoms with Crippen LogP contribution in [-0.4, -0.2) is 38.1 Å². The number of hydrogen-bond donors (Lipinski definition) is 1. The van der Waals surface area contributed by atoms with Gasteiger partial charge in [-0.05, 0) is 26.7 Å². The lowest BCUT2D eigenvalue weighted by atomic mass is 9.96. The quantitative estimate of drug-likeness (QED) is 0.921. The minimum atomic E-state index is -0.109. The predicted molar refractivity (Wildman–Crippen MR) is 83.6 cm³/mol. The summed E-state index contributed by atoms with van der Waals surface area (Å²) < 4.78 is 1.40. The van der Waals surface area contributed by atoms with Gasteiger partial charge in [-0.2, -0.15) is 9.61 Å². The fourth-order valence-electron chi connectivity index (χ4n) is 3.06. The van der Waals surface area contributed by atoms with E-state index >= 15 is 0 Å². The van der Waals surface area contributed by atoms with E-state index < -0.39 is 0 Å². The zero-order chi connectivity index (χ0) is 15.0. The average molecular weight is 307 g/mol. The minimum absolute atomic E-state index is 0.109. The van der Waals surface area contributed by atoms with Crippen molar-refractivity contribution in [2.75, 3.05) is 6.54 Å². The number of nitrogens with two attached hydrogens (primary N) is 1. The Hall–Kier alpha value is -1.31. The smallest absolute Gasteiger partial charge is 0.275 e. The summed E-state index contributed by atoms with van der Waals surface area (Å²) in [6.07, 6.45) is 3.57. The van der Waals surface area contributed by atoms with Gasteiger partial charge in [0.15, 0.2) is 0 Å². The summed E-state index contributed by atoms with van der Waals surface area (Å²) in [5.74, 6) is 0. The highest BCUT2D eigenvalue weighted by atomic mass is 32.1. The number of piperidine rings is 1. The highest BCUT2D eigenvalue weighted by Gasteiger charge is 2.27. The SMILES string of the molecule is Cc1cc(=O)n2nc(CN3C(C)CCCC3CN)sc2n1. The second-order valence-corrected chi connectivity index (χ2v) is 6.81. The highest BCUT2D eigenvalue weighted by molar-refractivity contribution is 7.16. The first-order chi connectivity index (χ1) is 10.1. The molecule has 7 heteroatoms. The zero-order valence-electron chi connectivity index (χ0n) is 12.5. The number of aromatic nitrogens is 3. The summed E-state index contributed by atoms with van der Waals surface area (Å²) in [4.78, 5) is 19.4. The van der Waals surface area contributed by atoms with Crippen molar-refractivity contribution in [1.82, 2.24) is 19.5 Å². The van der Waals surface area contributed by atoms with E-state index in [4.69, 9.17) is 5.73 Å². The van der Waals surface area contributed by atoms with Crippen molar-refractivity contribution in [2.45, 2.75) is 51.7 Å². The van der Waals surface area contributed by atoms with Crippen LogP contribution < -0.4 is 11.3 Å². The fourth-order valence-corrected chi connectivity index (χ4v) is 4.01. The zero-order valence-corrected chi connectivity index (χ0v) is 13.3. The first-order valence-electron chi connectivity index (χ1n) is 7.40. The van der Waals surface area contributed by atoms with Gasteiger partial charge in [0.25, 0.3) is 5.56 Å². The maximum atomic E-state index is 11.9. The van der Waals surface area contributed by atoms with E-state index in [1.807, 2.05) is 6.92 Å². The van der Waals surface area contributed by atoms with E-state index in [0.717, 1.165) is 23.7 Å². The largest absolute Gasteiger partial charge is 0.329 e. The van der Waals surface area contributed by atoms with Gasteiger partial charge in [0.05, 0.1) is 6.54 Å². The van der Waals surface area contributed by atoms with Crippen LogP contribution in [0.4, 0.5) is 0 Å². The van der Waals surface area contributed by atoms with Crippen molar-refractivity contribution in [3.05, 3.63) is 27.1 Å². The van der Waals surface area contributed by atoms with Crippen LogP contribution in [0.25, 0.3) is 4.96 Å². The third-order valence-corrected chi connectivity index (χ3v) is 5.09. The van der Waals surface area contributed by atoms with Gasteiger partial charge < -0.3 is 5.73 Å². The third-order valence-electron chi connectivity index (χ3n) is 4.20. The van der Waals surface area contributed by atoms with E-state index in [1.165, 1.54) is 34.8 Å². The molecule has 0 aromatic carbocycles. The predicted octanol–water partition coefficient (Wildman–Crippen LogP) is 1.16. The molecule has 2 aromatic heterocycles. The fraction of sp³-hybridized carbons (Fsp3) is 0.643. The van der Waals surface area contributed by atoms with Crippen molar-refractivity contribution >= 4 is 16.3 Å². The molecular weight excluding hydrogens is 286 g/mol. The number of rotatable bonds is 3. The Morgan fingerprint density at radius 1 is 1.48 bits per heavy atom. The molecule has 2 N–H and O–H groups in total. The van der Waals surface area contributed by atoms with Gasteiger partial charge in [-0.15, -0.1) is 0 Å². The molecule has 2 atom stereocenters. The second-order valence-electron chi connectivity index (χ2n) is 5.77. The third kappa shape index (κ3) is 2.86. The Kier molecular flexibility index (Phi) is 4.05. The molecule has 1 saturated heterocycles. The lowest BCUT2D eigenvalue weighted by Crippen LogP contribution is -2.48. The van der Waals surface area contributed by atoms with Gasteiger partial charge in [0.2, 0.25) is 4.96 Å². The minimum Gasteiger partial charge on any atom is -0.329 e. The molecule has 114 valence electrons. The lowest BCUT2D eigenvalue weighted by molar-refractivity contribution is 0.0888. The first kappa shape index (κ1) is 14.6. The molecule has 3 heterocycles. The summed E-state index contributed by atoms with van der Waals surface area (Å²) in [6, 6.07) is 2.43. The van der Waals surface area contributed by atoms with E-state index in [-0.39, 0.29) is 5.56 Å². The van der Waals surface area contributed by atoms with E-state index in [2.05, 4.69) is 21.9 Å². The second kappa shape index (κ2) is 5.82. The maximum Gasteiger partial charge on any atom is 0.275 e. The van der Waals surface area contributed by atoms with Gasteiger partial charge in [-0.3, -0.25) is 9.69 Å². The molecule has 0 amide bonds. The summed E-state index contributed by atoms with van der Waals surface area (Å²) in [5, 5.41) is 5.36. The molecule has 21 heavy (non-hydrogen) atoms. The number of aryl methyl sites for hydroxylation is 1. The Morgan fingerprint density at radius 3 is 3.05 bits per heavy atom. The van der Waals surface area contributed by atoms with Gasteiger partial charge in [-0.25, -0.2) is 4.98 Å². The Balaban J connectivity index is 1.90. The molecule has 0 radical (unpaired) electrons. The van der Waals surface area contributed by atoms with Gasteiger partial charge in [0, 0.05) is 30.4 Å². The lowest BCUT2D eigenvalue weighted by Gasteiger charge is -2.39. The molecule has 1 fully saturated rings. The highest BCUT2D eigenvalue weighted by Crippen LogP contribution is 2.25. The molecule has 2 unspecified atom stereocenters. The van der Waals surface area contributed by atoms with Crippen molar-refractivity contribution in [3.8, 4) is 0 Å². The van der Waals surface area contributed by atoms with Crippen LogP contribution >= 0.6 is 11.3 Å². The number of fused-ring (bicyclic) bond motifs is 1. The van der Waals surface area contributed by atoms with Crippen LogP contribution in [0.5, 0.6) is 0 Å². The molecule has 2 aromatic rings. The molecule has 1 aliphatic heterocycles. The molecule has 0 aliphatic carbocycles. The number of likely N-dealkylation sites (tertiary alicyclic amines) is 1. The summed E-state index contributed by atoms with van der Waals surface area (Å²) in [6.45, 7) is 5.49. The van der Waals surface area contributed by atoms with Crippen molar-refractivity contribution < 1.29 is 0 Å². The van der Waals surface area contributed by atoms with Crippen LogP contribution in [0, 0.1) is 6.92 Å². The van der Waals surface area contributed by atoms with Crippen LogP contribution in [0.1, 0.15) is 36.9 Å². The first-order valence-corrected chi connectivity index (χ1v) is 8.22. The van der Waals surface area contributed by atoms with Crippen LogP contribution in [0.3, 0.4) is 0 Å². The molecule has 6 nitrogen and oxygen atoms in total. The van der Waals surface area contributed by atoms with Gasteiger partial charge >= 0.3 is 0 Å². The molecule has 0 bridgehead atoms. The summed E-state index contributed by atoms with van der Waals surface area (Å²) in [5.41, 5.74) is 6.53. The Morgan fingerprint density at radius 2 is 2.29 bits per heavy atom. The molecule has 3 rings (SSSR count). The monoisotopic (exact) mass is 307 g/mol. The van der Waals surface area contributed by atoms with E-state index in [9.17, 15) is 4.79 Å². The van der Waals surface area contributed by atoms with E-state index in [1.54, 1.807) is 0 Å². The van der Waals surface area contributed by atoms with Crippen molar-refractivity contribution in [1.29, 1.82) is 0 Å². The van der Waals surface area contributed by atoms with Gasteiger partial charge in [0.1, 0.15) is 5.01 Å². The molecule has 0 saturated carbocycles. The summed E-state index contributed by atoms with van der Waals surface area (Å²) in [7, 11) is 0. The standard InChI is InChI=1S/C14H21N5OS/c1-9-6-13(20)19-14(16-9)21-12(17-19)8-18-10(2)4-3-5-11(18)7-15/h6,10-11H,3-5,7-8,15H2,1-2H3. The average Bonchev–Trinajstić information content (AvgIpc) is 2.84. The molecule has 1 aliphatic rings.